The van der Waals surface area contributed by atoms with Crippen LogP contribution in [0, 0.1) is 6.92 Å². The van der Waals surface area contributed by atoms with Crippen LogP contribution in [-0.4, -0.2) is 45.9 Å². The van der Waals surface area contributed by atoms with Crippen molar-refractivity contribution in [2.24, 2.45) is 0 Å². The maximum absolute atomic E-state index is 12.2. The first-order valence-electron chi connectivity index (χ1n) is 6.35. The Labute approximate surface area is 113 Å². The monoisotopic (exact) mass is 267 g/mol. The number of thiazole rings is 1. The van der Waals surface area contributed by atoms with Gasteiger partial charge in [0.2, 0.25) is 5.91 Å². The van der Waals surface area contributed by atoms with E-state index in [1.807, 2.05) is 25.8 Å². The molecule has 100 valence electrons. The van der Waals surface area contributed by atoms with Crippen LogP contribution in [-0.2, 0) is 11.3 Å². The summed E-state index contributed by atoms with van der Waals surface area (Å²) in [5, 5.41) is 3.15. The van der Waals surface area contributed by atoms with Gasteiger partial charge >= 0.3 is 0 Å². The molecule has 1 aliphatic heterocycles. The molecule has 1 aromatic rings. The Morgan fingerprint density at radius 2 is 2.00 bits per heavy atom. The van der Waals surface area contributed by atoms with E-state index in [9.17, 15) is 4.79 Å². The van der Waals surface area contributed by atoms with Crippen LogP contribution in [0.25, 0.3) is 0 Å². The van der Waals surface area contributed by atoms with Gasteiger partial charge in [0.05, 0.1) is 12.6 Å². The van der Waals surface area contributed by atoms with Crippen LogP contribution >= 0.6 is 11.3 Å². The molecule has 18 heavy (non-hydrogen) atoms. The fraction of sp³-hybridized carbons (Fsp3) is 0.692. The zero-order valence-corrected chi connectivity index (χ0v) is 12.5. The number of aromatic nitrogens is 1. The van der Waals surface area contributed by atoms with E-state index in [-0.39, 0.29) is 18.0 Å². The molecule has 0 radical (unpaired) electrons. The summed E-state index contributed by atoms with van der Waals surface area (Å²) in [6.45, 7) is 9.05. The molecule has 2 rings (SSSR count). The van der Waals surface area contributed by atoms with Gasteiger partial charge in [0, 0.05) is 30.2 Å². The highest BCUT2D eigenvalue weighted by Gasteiger charge is 2.39. The molecule has 0 aromatic carbocycles. The van der Waals surface area contributed by atoms with Crippen molar-refractivity contribution >= 4 is 17.2 Å². The number of hydrogen-bond donors (Lipinski definition) is 0. The number of likely N-dealkylation sites (N-methyl/N-ethyl adjacent to an activating group) is 1. The second kappa shape index (κ2) is 4.97. The second-order valence-corrected chi connectivity index (χ2v) is 6.10. The highest BCUT2D eigenvalue weighted by molar-refractivity contribution is 7.09. The van der Waals surface area contributed by atoms with Crippen LogP contribution in [0.4, 0.5) is 0 Å². The number of nitrogens with zero attached hydrogens (tertiary/aromatic N) is 3. The van der Waals surface area contributed by atoms with Gasteiger partial charge in [-0.1, -0.05) is 0 Å². The van der Waals surface area contributed by atoms with E-state index in [1.54, 1.807) is 11.3 Å². The molecular formula is C13H21N3OS. The third-order valence-corrected chi connectivity index (χ3v) is 4.97. The third kappa shape index (κ3) is 2.29. The molecule has 0 aliphatic carbocycles. The van der Waals surface area contributed by atoms with E-state index >= 15 is 0 Å². The summed E-state index contributed by atoms with van der Waals surface area (Å²) in [5.41, 5.74) is 1.06. The summed E-state index contributed by atoms with van der Waals surface area (Å²) in [6, 6.07) is 0.534. The van der Waals surface area contributed by atoms with Crippen LogP contribution < -0.4 is 0 Å². The Kier molecular flexibility index (Phi) is 3.73. The standard InChI is InChI=1S/C13H21N3OS/c1-8-7-18-12(14-8)6-16-10(3)9(2)15(5)13(17)11(16)4/h7,9-11H,6H2,1-5H3. The lowest BCUT2D eigenvalue weighted by Gasteiger charge is -2.46. The summed E-state index contributed by atoms with van der Waals surface area (Å²) in [4.78, 5) is 20.8. The molecule has 0 N–H and O–H groups in total. The zero-order valence-electron chi connectivity index (χ0n) is 11.7. The van der Waals surface area contributed by atoms with Crippen LogP contribution in [0.15, 0.2) is 5.38 Å². The molecule has 0 saturated carbocycles. The molecule has 1 saturated heterocycles. The van der Waals surface area contributed by atoms with Gasteiger partial charge in [0.1, 0.15) is 5.01 Å². The predicted molar refractivity (Wildman–Crippen MR) is 73.6 cm³/mol. The van der Waals surface area contributed by atoms with Gasteiger partial charge in [0.15, 0.2) is 0 Å². The third-order valence-electron chi connectivity index (χ3n) is 4.02. The van der Waals surface area contributed by atoms with Crippen molar-refractivity contribution in [3.63, 3.8) is 0 Å². The van der Waals surface area contributed by atoms with E-state index in [0.29, 0.717) is 6.04 Å². The predicted octanol–water partition coefficient (Wildman–Crippen LogP) is 1.89. The average Bonchev–Trinajstić information content (AvgIpc) is 2.75. The minimum atomic E-state index is -0.0644. The van der Waals surface area contributed by atoms with Crippen molar-refractivity contribution < 1.29 is 4.79 Å². The minimum Gasteiger partial charge on any atom is -0.340 e. The molecule has 1 aliphatic rings. The molecule has 0 bridgehead atoms. The number of rotatable bonds is 2. The van der Waals surface area contributed by atoms with Crippen molar-refractivity contribution in [1.29, 1.82) is 0 Å². The molecule has 1 aromatic heterocycles. The molecular weight excluding hydrogens is 246 g/mol. The Balaban J connectivity index is 2.18. The maximum Gasteiger partial charge on any atom is 0.239 e. The van der Waals surface area contributed by atoms with E-state index in [1.165, 1.54) is 0 Å². The van der Waals surface area contributed by atoms with Gasteiger partial charge in [-0.15, -0.1) is 11.3 Å². The van der Waals surface area contributed by atoms with Gasteiger partial charge < -0.3 is 4.90 Å². The van der Waals surface area contributed by atoms with Crippen LogP contribution in [0.3, 0.4) is 0 Å². The van der Waals surface area contributed by atoms with Gasteiger partial charge in [-0.25, -0.2) is 4.98 Å². The van der Waals surface area contributed by atoms with E-state index in [2.05, 4.69) is 29.1 Å². The molecule has 0 spiro atoms. The zero-order chi connectivity index (χ0) is 13.4. The fourth-order valence-corrected chi connectivity index (χ4v) is 3.28. The molecule has 1 fully saturated rings. The lowest BCUT2D eigenvalue weighted by molar-refractivity contribution is -0.146. The maximum atomic E-state index is 12.2. The Morgan fingerprint density at radius 1 is 1.33 bits per heavy atom. The van der Waals surface area contributed by atoms with E-state index in [4.69, 9.17) is 0 Å². The molecule has 5 heteroatoms. The highest BCUT2D eigenvalue weighted by atomic mass is 32.1. The highest BCUT2D eigenvalue weighted by Crippen LogP contribution is 2.24. The smallest absolute Gasteiger partial charge is 0.239 e. The Hall–Kier alpha value is -0.940. The van der Waals surface area contributed by atoms with Crippen molar-refractivity contribution in [2.75, 3.05) is 7.05 Å². The summed E-state index contributed by atoms with van der Waals surface area (Å²) in [7, 11) is 1.89. The molecule has 2 heterocycles. The minimum absolute atomic E-state index is 0.0644. The number of carbonyl (C=O) groups excluding carboxylic acids is 1. The first-order chi connectivity index (χ1) is 8.41. The fourth-order valence-electron chi connectivity index (χ4n) is 2.50. The second-order valence-electron chi connectivity index (χ2n) is 5.16. The number of aryl methyl sites for hydroxylation is 1. The largest absolute Gasteiger partial charge is 0.340 e. The van der Waals surface area contributed by atoms with Gasteiger partial charge in [-0.05, 0) is 27.7 Å². The van der Waals surface area contributed by atoms with Gasteiger partial charge in [-0.2, -0.15) is 0 Å². The Bertz CT molecular complexity index is 445. The van der Waals surface area contributed by atoms with Crippen molar-refractivity contribution in [2.45, 2.75) is 52.4 Å². The molecule has 3 atom stereocenters. The van der Waals surface area contributed by atoms with Gasteiger partial charge in [0.25, 0.3) is 0 Å². The lowest BCUT2D eigenvalue weighted by atomic mass is 10.0. The lowest BCUT2D eigenvalue weighted by Crippen LogP contribution is -2.62. The van der Waals surface area contributed by atoms with Crippen LogP contribution in [0.5, 0.6) is 0 Å². The quantitative estimate of drug-likeness (QED) is 0.821. The molecule has 3 unspecified atom stereocenters. The van der Waals surface area contributed by atoms with E-state index in [0.717, 1.165) is 17.2 Å². The topological polar surface area (TPSA) is 36.4 Å². The van der Waals surface area contributed by atoms with Gasteiger partial charge in [-0.3, -0.25) is 9.69 Å². The summed E-state index contributed by atoms with van der Waals surface area (Å²) in [5.74, 6) is 0.203. The first kappa shape index (κ1) is 13.5. The van der Waals surface area contributed by atoms with Crippen molar-refractivity contribution in [3.05, 3.63) is 16.1 Å². The van der Waals surface area contributed by atoms with Crippen LogP contribution in [0.2, 0.25) is 0 Å². The number of hydrogen-bond acceptors (Lipinski definition) is 4. The van der Waals surface area contributed by atoms with E-state index < -0.39 is 0 Å². The Morgan fingerprint density at radius 3 is 2.56 bits per heavy atom. The summed E-state index contributed by atoms with van der Waals surface area (Å²) >= 11 is 1.67. The number of amides is 1. The number of piperazine rings is 1. The number of carbonyl (C=O) groups is 1. The van der Waals surface area contributed by atoms with Crippen molar-refractivity contribution in [1.82, 2.24) is 14.8 Å². The SMILES string of the molecule is Cc1csc(CN2C(C)C(=O)N(C)C(C)C2C)n1. The summed E-state index contributed by atoms with van der Waals surface area (Å²) in [6.07, 6.45) is 0. The first-order valence-corrected chi connectivity index (χ1v) is 7.23. The summed E-state index contributed by atoms with van der Waals surface area (Å²) < 4.78 is 0. The van der Waals surface area contributed by atoms with Crippen LogP contribution in [0.1, 0.15) is 31.5 Å². The average molecular weight is 267 g/mol. The molecule has 4 nitrogen and oxygen atoms in total. The van der Waals surface area contributed by atoms with Crippen molar-refractivity contribution in [3.8, 4) is 0 Å². The molecule has 1 amide bonds. The normalized spacial score (nSPS) is 29.9.